The number of ketones is 1. The Morgan fingerprint density at radius 3 is 2.74 bits per heavy atom. The number of hydrogen-bond donors (Lipinski definition) is 1. The first-order valence-corrected chi connectivity index (χ1v) is 8.44. The van der Waals surface area contributed by atoms with E-state index >= 15 is 0 Å². The van der Waals surface area contributed by atoms with Crippen LogP contribution in [0.3, 0.4) is 0 Å². The van der Waals surface area contributed by atoms with E-state index in [9.17, 15) is 4.79 Å². The van der Waals surface area contributed by atoms with Crippen molar-refractivity contribution in [1.82, 2.24) is 5.32 Å². The molecule has 0 amide bonds. The van der Waals surface area contributed by atoms with Crippen molar-refractivity contribution in [3.8, 4) is 11.1 Å². The van der Waals surface area contributed by atoms with Crippen molar-refractivity contribution in [1.29, 1.82) is 0 Å². The second-order valence-corrected chi connectivity index (χ2v) is 6.54. The molecule has 0 radical (unpaired) electrons. The molecule has 2 aromatic carbocycles. The number of rotatable bonds is 2. The fourth-order valence-corrected chi connectivity index (χ4v) is 3.90. The van der Waals surface area contributed by atoms with Crippen LogP contribution in [-0.2, 0) is 6.42 Å². The zero-order chi connectivity index (χ0) is 15.8. The van der Waals surface area contributed by atoms with Crippen molar-refractivity contribution in [2.45, 2.75) is 25.8 Å². The van der Waals surface area contributed by atoms with Gasteiger partial charge in [-0.2, -0.15) is 0 Å². The molecule has 118 valence electrons. The van der Waals surface area contributed by atoms with Gasteiger partial charge in [-0.1, -0.05) is 42.5 Å². The summed E-state index contributed by atoms with van der Waals surface area (Å²) >= 11 is 0. The summed E-state index contributed by atoms with van der Waals surface area (Å²) in [6.45, 7) is 4.84. The summed E-state index contributed by atoms with van der Waals surface area (Å²) in [6, 6.07) is 15.3. The molecule has 1 atom stereocenters. The number of nitrogens with zero attached hydrogens (tertiary/aromatic N) is 1. The number of carbonyl (C=O) groups excluding carboxylic acids is 1. The third-order valence-corrected chi connectivity index (χ3v) is 5.09. The molecule has 2 aliphatic rings. The van der Waals surface area contributed by atoms with Gasteiger partial charge < -0.3 is 10.2 Å². The fourth-order valence-electron chi connectivity index (χ4n) is 3.90. The lowest BCUT2D eigenvalue weighted by Crippen LogP contribution is -2.33. The molecule has 3 heteroatoms. The van der Waals surface area contributed by atoms with Crippen LogP contribution in [0.2, 0.25) is 0 Å². The molecule has 23 heavy (non-hydrogen) atoms. The largest absolute Gasteiger partial charge is 0.366 e. The van der Waals surface area contributed by atoms with Gasteiger partial charge in [0.15, 0.2) is 5.78 Å². The highest BCUT2D eigenvalue weighted by molar-refractivity contribution is 5.95. The number of Topliss-reactive ketones (excluding diaryl/α,β-unsaturated/α-hetero) is 1. The molecule has 0 aliphatic carbocycles. The fraction of sp³-hybridized carbons (Fsp3) is 0.350. The van der Waals surface area contributed by atoms with Crippen molar-refractivity contribution in [3.05, 3.63) is 53.6 Å². The Bertz CT molecular complexity index is 736. The Morgan fingerprint density at radius 1 is 1.13 bits per heavy atom. The summed E-state index contributed by atoms with van der Waals surface area (Å²) in [6.07, 6.45) is 2.35. The number of fused-ring (bicyclic) bond motifs is 3. The van der Waals surface area contributed by atoms with E-state index in [0.717, 1.165) is 31.6 Å². The van der Waals surface area contributed by atoms with E-state index in [1.165, 1.54) is 28.8 Å². The van der Waals surface area contributed by atoms with Crippen molar-refractivity contribution in [2.75, 3.05) is 24.5 Å². The van der Waals surface area contributed by atoms with E-state index in [4.69, 9.17) is 0 Å². The van der Waals surface area contributed by atoms with Gasteiger partial charge in [0.2, 0.25) is 0 Å². The number of hydrogen-bond acceptors (Lipinski definition) is 3. The van der Waals surface area contributed by atoms with Crippen LogP contribution in [-0.4, -0.2) is 31.5 Å². The smallest absolute Gasteiger partial charge is 0.159 e. The zero-order valence-electron chi connectivity index (χ0n) is 13.5. The quantitative estimate of drug-likeness (QED) is 0.864. The molecule has 0 saturated carbocycles. The van der Waals surface area contributed by atoms with Crippen molar-refractivity contribution in [2.24, 2.45) is 0 Å². The average molecular weight is 306 g/mol. The van der Waals surface area contributed by atoms with Crippen LogP contribution in [0.5, 0.6) is 0 Å². The third kappa shape index (κ3) is 2.55. The van der Waals surface area contributed by atoms with Crippen LogP contribution in [0.1, 0.15) is 29.3 Å². The topological polar surface area (TPSA) is 32.3 Å². The van der Waals surface area contributed by atoms with Gasteiger partial charge >= 0.3 is 0 Å². The number of carbonyl (C=O) groups is 1. The molecular formula is C20H22N2O. The predicted octanol–water partition coefficient (Wildman–Crippen LogP) is 3.28. The van der Waals surface area contributed by atoms with Gasteiger partial charge in [-0.3, -0.25) is 4.79 Å². The first kappa shape index (κ1) is 14.5. The van der Waals surface area contributed by atoms with Gasteiger partial charge in [0, 0.05) is 35.9 Å². The Kier molecular flexibility index (Phi) is 3.66. The summed E-state index contributed by atoms with van der Waals surface area (Å²) in [5.74, 6) is 0.119. The van der Waals surface area contributed by atoms with E-state index in [1.807, 2.05) is 12.1 Å². The second-order valence-electron chi connectivity index (χ2n) is 6.54. The summed E-state index contributed by atoms with van der Waals surface area (Å²) < 4.78 is 0. The Hall–Kier alpha value is -2.13. The molecule has 4 rings (SSSR count). The highest BCUT2D eigenvalue weighted by Gasteiger charge is 2.31. The number of nitrogens with one attached hydrogen (secondary N) is 1. The molecule has 1 saturated heterocycles. The van der Waals surface area contributed by atoms with Gasteiger partial charge in [-0.15, -0.1) is 0 Å². The Morgan fingerprint density at radius 2 is 1.96 bits per heavy atom. The molecular weight excluding hydrogens is 284 g/mol. The molecule has 1 fully saturated rings. The first-order chi connectivity index (χ1) is 11.2. The van der Waals surface area contributed by atoms with Crippen LogP contribution in [0, 0.1) is 0 Å². The third-order valence-electron chi connectivity index (χ3n) is 5.09. The van der Waals surface area contributed by atoms with E-state index in [0.29, 0.717) is 6.04 Å². The highest BCUT2D eigenvalue weighted by Crippen LogP contribution is 2.41. The summed E-state index contributed by atoms with van der Waals surface area (Å²) in [5.41, 5.74) is 6.13. The van der Waals surface area contributed by atoms with E-state index in [2.05, 4.69) is 40.5 Å². The minimum absolute atomic E-state index is 0.119. The SMILES string of the molecule is CC(=O)c1ccc(-c2cccc3c2N2CCNCCC2C3)cc1. The molecule has 2 aliphatic heterocycles. The van der Waals surface area contributed by atoms with Gasteiger partial charge in [0.1, 0.15) is 0 Å². The van der Waals surface area contributed by atoms with Gasteiger partial charge in [0.25, 0.3) is 0 Å². The van der Waals surface area contributed by atoms with Crippen molar-refractivity contribution in [3.63, 3.8) is 0 Å². The van der Waals surface area contributed by atoms with Gasteiger partial charge in [0.05, 0.1) is 0 Å². The van der Waals surface area contributed by atoms with E-state index < -0.39 is 0 Å². The second kappa shape index (κ2) is 5.82. The van der Waals surface area contributed by atoms with Crippen molar-refractivity contribution < 1.29 is 4.79 Å². The molecule has 1 N–H and O–H groups in total. The van der Waals surface area contributed by atoms with Crippen LogP contribution in [0.25, 0.3) is 11.1 Å². The number of anilines is 1. The van der Waals surface area contributed by atoms with E-state index in [1.54, 1.807) is 6.92 Å². The lowest BCUT2D eigenvalue weighted by Gasteiger charge is -2.26. The standard InChI is InChI=1S/C20H22N2O/c1-14(23)15-5-7-16(8-6-15)19-4-2-3-17-13-18-9-10-21-11-12-22(18)20(17)19/h2-8,18,21H,9-13H2,1H3. The molecule has 0 spiro atoms. The van der Waals surface area contributed by atoms with E-state index in [-0.39, 0.29) is 5.78 Å². The molecule has 2 aromatic rings. The summed E-state index contributed by atoms with van der Waals surface area (Å²) in [4.78, 5) is 14.1. The van der Waals surface area contributed by atoms with Gasteiger partial charge in [-0.05, 0) is 37.4 Å². The molecule has 1 unspecified atom stereocenters. The van der Waals surface area contributed by atoms with Crippen molar-refractivity contribution >= 4 is 11.5 Å². The first-order valence-electron chi connectivity index (χ1n) is 8.44. The van der Waals surface area contributed by atoms with Crippen LogP contribution in [0.4, 0.5) is 5.69 Å². The van der Waals surface area contributed by atoms with Crippen LogP contribution < -0.4 is 10.2 Å². The minimum atomic E-state index is 0.119. The number of benzene rings is 2. The van der Waals surface area contributed by atoms with Crippen LogP contribution >= 0.6 is 0 Å². The lowest BCUT2D eigenvalue weighted by molar-refractivity contribution is 0.101. The Labute approximate surface area is 137 Å². The van der Waals surface area contributed by atoms with Gasteiger partial charge in [-0.25, -0.2) is 0 Å². The average Bonchev–Trinajstić information content (AvgIpc) is 2.76. The maximum Gasteiger partial charge on any atom is 0.159 e. The Balaban J connectivity index is 1.76. The zero-order valence-corrected chi connectivity index (χ0v) is 13.5. The molecule has 2 heterocycles. The predicted molar refractivity (Wildman–Crippen MR) is 94.2 cm³/mol. The monoisotopic (exact) mass is 306 g/mol. The molecule has 0 bridgehead atoms. The summed E-state index contributed by atoms with van der Waals surface area (Å²) in [7, 11) is 0. The van der Waals surface area contributed by atoms with Crippen LogP contribution in [0.15, 0.2) is 42.5 Å². The summed E-state index contributed by atoms with van der Waals surface area (Å²) in [5, 5.41) is 3.51. The highest BCUT2D eigenvalue weighted by atomic mass is 16.1. The minimum Gasteiger partial charge on any atom is -0.366 e. The molecule has 3 nitrogen and oxygen atoms in total. The maximum atomic E-state index is 11.5. The normalized spacial score (nSPS) is 19.9. The lowest BCUT2D eigenvalue weighted by atomic mass is 9.98. The molecule has 0 aromatic heterocycles. The maximum absolute atomic E-state index is 11.5. The number of para-hydroxylation sites is 1.